The van der Waals surface area contributed by atoms with E-state index >= 15 is 0 Å². The fourth-order valence-corrected chi connectivity index (χ4v) is 2.29. The van der Waals surface area contributed by atoms with E-state index in [4.69, 9.17) is 0 Å². The van der Waals surface area contributed by atoms with Gasteiger partial charge in [0.25, 0.3) is 0 Å². The molecule has 0 unspecified atom stereocenters. The Bertz CT molecular complexity index is 637. The van der Waals surface area contributed by atoms with Gasteiger partial charge in [-0.05, 0) is 22.6 Å². The molecule has 2 rings (SSSR count). The lowest BCUT2D eigenvalue weighted by molar-refractivity contribution is 0.0693. The lowest BCUT2D eigenvalue weighted by Crippen LogP contribution is -2.14. The van der Waals surface area contributed by atoms with Crippen molar-refractivity contribution in [3.05, 3.63) is 53.6 Å². The molecule has 3 nitrogen and oxygen atoms in total. The zero-order chi connectivity index (χ0) is 14.9. The van der Waals surface area contributed by atoms with Crippen LogP contribution >= 0.6 is 0 Å². The molecule has 0 radical (unpaired) electrons. The second kappa shape index (κ2) is 5.00. The molecule has 0 aliphatic heterocycles. The van der Waals surface area contributed by atoms with Crippen LogP contribution in [-0.2, 0) is 5.41 Å². The van der Waals surface area contributed by atoms with Crippen LogP contribution in [0.2, 0.25) is 0 Å². The first-order valence-corrected chi connectivity index (χ1v) is 6.47. The Kier molecular flexibility index (Phi) is 3.53. The van der Waals surface area contributed by atoms with Gasteiger partial charge in [-0.1, -0.05) is 57.2 Å². The van der Waals surface area contributed by atoms with Gasteiger partial charge >= 0.3 is 5.97 Å². The van der Waals surface area contributed by atoms with Crippen molar-refractivity contribution < 1.29 is 15.0 Å². The number of hydrogen-bond acceptors (Lipinski definition) is 2. The SMILES string of the molecule is CC(C)(C)c1ccc(C(=O)O)c(O)c1-c1ccccc1. The second-order valence-corrected chi connectivity index (χ2v) is 5.81. The average molecular weight is 270 g/mol. The third-order valence-electron chi connectivity index (χ3n) is 3.28. The highest BCUT2D eigenvalue weighted by atomic mass is 16.4. The highest BCUT2D eigenvalue weighted by Crippen LogP contribution is 2.40. The Balaban J connectivity index is 2.80. The summed E-state index contributed by atoms with van der Waals surface area (Å²) in [5, 5.41) is 19.5. The standard InChI is InChI=1S/C17H18O3/c1-17(2,3)13-10-9-12(16(19)20)15(18)14(13)11-7-5-4-6-8-11/h4-10,18H,1-3H3,(H,19,20). The van der Waals surface area contributed by atoms with Gasteiger partial charge in [-0.25, -0.2) is 4.79 Å². The second-order valence-electron chi connectivity index (χ2n) is 5.81. The molecular formula is C17H18O3. The van der Waals surface area contributed by atoms with Gasteiger partial charge in [-0.3, -0.25) is 0 Å². The van der Waals surface area contributed by atoms with Crippen LogP contribution in [0.3, 0.4) is 0 Å². The van der Waals surface area contributed by atoms with Crippen molar-refractivity contribution in [1.29, 1.82) is 0 Å². The molecule has 0 fully saturated rings. The number of carboxylic acids is 1. The van der Waals surface area contributed by atoms with Crippen LogP contribution in [0.1, 0.15) is 36.7 Å². The molecule has 0 heterocycles. The van der Waals surface area contributed by atoms with E-state index < -0.39 is 5.97 Å². The summed E-state index contributed by atoms with van der Waals surface area (Å²) in [5.41, 5.74) is 2.07. The summed E-state index contributed by atoms with van der Waals surface area (Å²) in [6.45, 7) is 6.11. The number of carboxylic acid groups (broad SMARTS) is 1. The fraction of sp³-hybridized carbons (Fsp3) is 0.235. The molecule has 20 heavy (non-hydrogen) atoms. The van der Waals surface area contributed by atoms with Crippen molar-refractivity contribution in [3.8, 4) is 16.9 Å². The normalized spacial score (nSPS) is 11.3. The Morgan fingerprint density at radius 3 is 2.10 bits per heavy atom. The number of phenols is 1. The van der Waals surface area contributed by atoms with Crippen LogP contribution in [0, 0.1) is 0 Å². The first kappa shape index (κ1) is 14.1. The summed E-state index contributed by atoms with van der Waals surface area (Å²) < 4.78 is 0. The van der Waals surface area contributed by atoms with Gasteiger partial charge < -0.3 is 10.2 Å². The quantitative estimate of drug-likeness (QED) is 0.865. The zero-order valence-electron chi connectivity index (χ0n) is 11.8. The van der Waals surface area contributed by atoms with Crippen LogP contribution < -0.4 is 0 Å². The molecule has 0 atom stereocenters. The molecule has 0 amide bonds. The van der Waals surface area contributed by atoms with Gasteiger partial charge in [-0.2, -0.15) is 0 Å². The Morgan fingerprint density at radius 2 is 1.60 bits per heavy atom. The van der Waals surface area contributed by atoms with Crippen molar-refractivity contribution in [3.63, 3.8) is 0 Å². The zero-order valence-corrected chi connectivity index (χ0v) is 11.8. The first-order chi connectivity index (χ1) is 9.32. The van der Waals surface area contributed by atoms with E-state index in [0.717, 1.165) is 11.1 Å². The number of rotatable bonds is 2. The lowest BCUT2D eigenvalue weighted by Gasteiger charge is -2.24. The minimum atomic E-state index is -1.12. The van der Waals surface area contributed by atoms with Gasteiger partial charge in [0.2, 0.25) is 0 Å². The average Bonchev–Trinajstić information content (AvgIpc) is 2.37. The minimum absolute atomic E-state index is 0.0724. The summed E-state index contributed by atoms with van der Waals surface area (Å²) in [4.78, 5) is 11.2. The summed E-state index contributed by atoms with van der Waals surface area (Å²) in [6, 6.07) is 12.6. The van der Waals surface area contributed by atoms with Crippen molar-refractivity contribution >= 4 is 5.97 Å². The smallest absolute Gasteiger partial charge is 0.339 e. The summed E-state index contributed by atoms with van der Waals surface area (Å²) in [6.07, 6.45) is 0. The van der Waals surface area contributed by atoms with E-state index in [1.807, 2.05) is 51.1 Å². The molecule has 0 bridgehead atoms. The number of carbonyl (C=O) groups is 1. The molecule has 104 valence electrons. The summed E-state index contributed by atoms with van der Waals surface area (Å²) in [7, 11) is 0. The van der Waals surface area contributed by atoms with Gasteiger partial charge in [0.1, 0.15) is 11.3 Å². The summed E-state index contributed by atoms with van der Waals surface area (Å²) >= 11 is 0. The van der Waals surface area contributed by atoms with Gasteiger partial charge in [-0.15, -0.1) is 0 Å². The van der Waals surface area contributed by atoms with Crippen LogP contribution in [0.5, 0.6) is 5.75 Å². The summed E-state index contributed by atoms with van der Waals surface area (Å²) in [5.74, 6) is -1.30. The molecule has 2 aromatic carbocycles. The molecule has 0 aromatic heterocycles. The van der Waals surface area contributed by atoms with Crippen molar-refractivity contribution in [2.24, 2.45) is 0 Å². The maximum atomic E-state index is 11.2. The van der Waals surface area contributed by atoms with Crippen LogP contribution in [0.15, 0.2) is 42.5 Å². The maximum absolute atomic E-state index is 11.2. The molecular weight excluding hydrogens is 252 g/mol. The van der Waals surface area contributed by atoms with Gasteiger partial charge in [0.15, 0.2) is 0 Å². The number of hydrogen-bond donors (Lipinski definition) is 2. The van der Waals surface area contributed by atoms with E-state index in [1.165, 1.54) is 6.07 Å². The highest BCUT2D eigenvalue weighted by molar-refractivity contribution is 5.95. The largest absolute Gasteiger partial charge is 0.506 e. The Morgan fingerprint density at radius 1 is 1.00 bits per heavy atom. The van der Waals surface area contributed by atoms with E-state index in [-0.39, 0.29) is 16.7 Å². The Labute approximate surface area is 118 Å². The highest BCUT2D eigenvalue weighted by Gasteiger charge is 2.24. The van der Waals surface area contributed by atoms with Crippen molar-refractivity contribution in [2.45, 2.75) is 26.2 Å². The fourth-order valence-electron chi connectivity index (χ4n) is 2.29. The minimum Gasteiger partial charge on any atom is -0.506 e. The predicted molar refractivity (Wildman–Crippen MR) is 79.2 cm³/mol. The maximum Gasteiger partial charge on any atom is 0.339 e. The topological polar surface area (TPSA) is 57.5 Å². The van der Waals surface area contributed by atoms with Crippen LogP contribution in [0.25, 0.3) is 11.1 Å². The number of benzene rings is 2. The third-order valence-corrected chi connectivity index (χ3v) is 3.28. The number of aromatic hydroxyl groups is 1. The molecule has 0 aliphatic rings. The molecule has 0 saturated carbocycles. The Hall–Kier alpha value is -2.29. The third kappa shape index (κ3) is 2.52. The van der Waals surface area contributed by atoms with Crippen molar-refractivity contribution in [1.82, 2.24) is 0 Å². The lowest BCUT2D eigenvalue weighted by atomic mass is 9.80. The van der Waals surface area contributed by atoms with E-state index in [9.17, 15) is 15.0 Å². The van der Waals surface area contributed by atoms with E-state index in [2.05, 4.69) is 0 Å². The molecule has 3 heteroatoms. The molecule has 2 aromatic rings. The molecule has 0 saturated heterocycles. The molecule has 2 N–H and O–H groups in total. The molecule has 0 aliphatic carbocycles. The number of aromatic carboxylic acids is 1. The molecule has 0 spiro atoms. The first-order valence-electron chi connectivity index (χ1n) is 6.47. The van der Waals surface area contributed by atoms with Crippen LogP contribution in [-0.4, -0.2) is 16.2 Å². The van der Waals surface area contributed by atoms with E-state index in [1.54, 1.807) is 6.07 Å². The van der Waals surface area contributed by atoms with Crippen molar-refractivity contribution in [2.75, 3.05) is 0 Å². The monoisotopic (exact) mass is 270 g/mol. The predicted octanol–water partition coefficient (Wildman–Crippen LogP) is 4.05. The van der Waals surface area contributed by atoms with Gasteiger partial charge in [0, 0.05) is 5.56 Å². The van der Waals surface area contributed by atoms with Crippen LogP contribution in [0.4, 0.5) is 0 Å². The van der Waals surface area contributed by atoms with E-state index in [0.29, 0.717) is 5.56 Å². The van der Waals surface area contributed by atoms with Gasteiger partial charge in [0.05, 0.1) is 0 Å².